The van der Waals surface area contributed by atoms with Gasteiger partial charge in [0, 0.05) is 28.9 Å². The van der Waals surface area contributed by atoms with Crippen LogP contribution in [0.2, 0.25) is 0 Å². The monoisotopic (exact) mass is 374 g/mol. The summed E-state index contributed by atoms with van der Waals surface area (Å²) in [7, 11) is 0. The van der Waals surface area contributed by atoms with Gasteiger partial charge in [0.1, 0.15) is 5.75 Å². The topological polar surface area (TPSA) is 74.4 Å². The summed E-state index contributed by atoms with van der Waals surface area (Å²) in [6, 6.07) is 6.12. The van der Waals surface area contributed by atoms with Crippen LogP contribution in [0.15, 0.2) is 24.4 Å². The number of rotatable bonds is 5. The molecule has 3 N–H and O–H groups in total. The second kappa shape index (κ2) is 7.92. The van der Waals surface area contributed by atoms with E-state index in [9.17, 15) is 9.90 Å². The van der Waals surface area contributed by atoms with Crippen molar-refractivity contribution in [3.63, 3.8) is 0 Å². The van der Waals surface area contributed by atoms with Crippen LogP contribution in [0.25, 0.3) is 10.9 Å². The lowest BCUT2D eigenvalue weighted by molar-refractivity contribution is -0.124. The van der Waals surface area contributed by atoms with Crippen molar-refractivity contribution in [2.45, 2.75) is 50.2 Å². The number of aromatic nitrogens is 1. The van der Waals surface area contributed by atoms with Gasteiger partial charge >= 0.3 is 0 Å². The predicted octanol–water partition coefficient (Wildman–Crippen LogP) is 3.19. The molecule has 0 radical (unpaired) electrons. The van der Waals surface area contributed by atoms with Crippen LogP contribution in [0.5, 0.6) is 5.75 Å². The van der Waals surface area contributed by atoms with Crippen LogP contribution in [0, 0.1) is 0 Å². The first-order valence-corrected chi connectivity index (χ1v) is 10.6. The van der Waals surface area contributed by atoms with E-state index in [0.29, 0.717) is 5.92 Å². The molecule has 1 saturated heterocycles. The smallest absolute Gasteiger partial charge is 0.258 e. The zero-order valence-electron chi connectivity index (χ0n) is 14.9. The normalized spacial score (nSPS) is 26.1. The van der Waals surface area contributed by atoms with Crippen molar-refractivity contribution in [2.24, 2.45) is 0 Å². The average Bonchev–Trinajstić information content (AvgIpc) is 3.31. The number of aromatic amines is 1. The minimum Gasteiger partial charge on any atom is -0.483 e. The van der Waals surface area contributed by atoms with Crippen molar-refractivity contribution in [1.82, 2.24) is 10.3 Å². The summed E-state index contributed by atoms with van der Waals surface area (Å²) in [5, 5.41) is 13.7. The number of H-pyrrole nitrogens is 1. The Morgan fingerprint density at radius 1 is 1.27 bits per heavy atom. The molecule has 140 valence electrons. The number of nitrogens with one attached hydrogen (secondary N) is 2. The molecule has 2 fully saturated rings. The highest BCUT2D eigenvalue weighted by atomic mass is 32.2. The zero-order chi connectivity index (χ0) is 17.9. The first kappa shape index (κ1) is 17.7. The van der Waals surface area contributed by atoms with Crippen LogP contribution < -0.4 is 10.1 Å². The second-order valence-corrected chi connectivity index (χ2v) is 8.49. The fourth-order valence-corrected chi connectivity index (χ4v) is 5.28. The van der Waals surface area contributed by atoms with Crippen molar-refractivity contribution >= 4 is 28.6 Å². The molecule has 1 aliphatic carbocycles. The van der Waals surface area contributed by atoms with E-state index < -0.39 is 0 Å². The number of fused-ring (bicyclic) bond motifs is 1. The molecule has 2 aromatic rings. The van der Waals surface area contributed by atoms with Gasteiger partial charge in [-0.1, -0.05) is 6.07 Å². The molecule has 4 rings (SSSR count). The van der Waals surface area contributed by atoms with Crippen molar-refractivity contribution < 1.29 is 14.6 Å². The van der Waals surface area contributed by atoms with Gasteiger partial charge in [0.2, 0.25) is 0 Å². The van der Waals surface area contributed by atoms with Gasteiger partial charge in [0.15, 0.2) is 6.61 Å². The number of ether oxygens (including phenoxy) is 1. The van der Waals surface area contributed by atoms with Crippen molar-refractivity contribution in [2.75, 3.05) is 18.1 Å². The molecule has 1 aliphatic heterocycles. The average molecular weight is 375 g/mol. The van der Waals surface area contributed by atoms with E-state index in [4.69, 9.17) is 4.74 Å². The fraction of sp³-hybridized carbons (Fsp3) is 0.550. The summed E-state index contributed by atoms with van der Waals surface area (Å²) in [6.45, 7) is 0.0300. The molecular weight excluding hydrogens is 348 g/mol. The van der Waals surface area contributed by atoms with Gasteiger partial charge in [0.05, 0.1) is 6.10 Å². The number of carbonyl (C=O) groups is 1. The van der Waals surface area contributed by atoms with Crippen molar-refractivity contribution in [3.8, 4) is 5.75 Å². The molecule has 1 aromatic carbocycles. The summed E-state index contributed by atoms with van der Waals surface area (Å²) >= 11 is 2.00. The summed E-state index contributed by atoms with van der Waals surface area (Å²) in [4.78, 5) is 15.6. The molecule has 1 atom stereocenters. The van der Waals surface area contributed by atoms with E-state index >= 15 is 0 Å². The van der Waals surface area contributed by atoms with Crippen LogP contribution in [-0.2, 0) is 4.79 Å². The molecule has 26 heavy (non-hydrogen) atoms. The highest BCUT2D eigenvalue weighted by molar-refractivity contribution is 7.99. The van der Waals surface area contributed by atoms with Crippen molar-refractivity contribution in [1.29, 1.82) is 0 Å². The third kappa shape index (κ3) is 3.86. The lowest BCUT2D eigenvalue weighted by atomic mass is 9.93. The van der Waals surface area contributed by atoms with Crippen LogP contribution in [0.1, 0.15) is 43.6 Å². The van der Waals surface area contributed by atoms with E-state index in [1.54, 1.807) is 0 Å². The number of benzene rings is 1. The second-order valence-electron chi connectivity index (χ2n) is 7.34. The maximum absolute atomic E-state index is 12.3. The van der Waals surface area contributed by atoms with Gasteiger partial charge in [-0.2, -0.15) is 11.8 Å². The van der Waals surface area contributed by atoms with E-state index in [1.165, 1.54) is 17.7 Å². The Bertz CT molecular complexity index is 762. The Morgan fingerprint density at radius 2 is 2.12 bits per heavy atom. The third-order valence-electron chi connectivity index (χ3n) is 5.49. The number of thioether (sulfide) groups is 1. The zero-order valence-corrected chi connectivity index (χ0v) is 15.7. The van der Waals surface area contributed by atoms with Gasteiger partial charge in [-0.15, -0.1) is 0 Å². The van der Waals surface area contributed by atoms with E-state index in [2.05, 4.69) is 22.6 Å². The minimum absolute atomic E-state index is 0.0300. The van der Waals surface area contributed by atoms with Gasteiger partial charge in [-0.25, -0.2) is 0 Å². The number of carbonyl (C=O) groups excluding carboxylic acids is 1. The fourth-order valence-electron chi connectivity index (χ4n) is 4.03. The molecule has 0 bridgehead atoms. The maximum atomic E-state index is 12.3. The number of aliphatic hydroxyl groups excluding tert-OH is 1. The Kier molecular flexibility index (Phi) is 5.41. The lowest BCUT2D eigenvalue weighted by Gasteiger charge is -2.26. The molecule has 1 saturated carbocycles. The lowest BCUT2D eigenvalue weighted by Crippen LogP contribution is -2.40. The molecule has 1 unspecified atom stereocenters. The van der Waals surface area contributed by atoms with E-state index in [0.717, 1.165) is 48.1 Å². The minimum atomic E-state index is -0.210. The Balaban J connectivity index is 1.42. The Morgan fingerprint density at radius 3 is 2.88 bits per heavy atom. The maximum Gasteiger partial charge on any atom is 0.258 e. The highest BCUT2D eigenvalue weighted by Gasteiger charge is 2.23. The molecule has 2 aliphatic rings. The number of hydrogen-bond donors (Lipinski definition) is 3. The first-order chi connectivity index (χ1) is 12.7. The quantitative estimate of drug-likeness (QED) is 0.751. The van der Waals surface area contributed by atoms with E-state index in [-0.39, 0.29) is 24.7 Å². The molecule has 1 amide bonds. The van der Waals surface area contributed by atoms with Gasteiger partial charge < -0.3 is 20.1 Å². The summed E-state index contributed by atoms with van der Waals surface area (Å²) < 4.78 is 5.91. The molecular formula is C20H26N2O3S. The Hall–Kier alpha value is -1.66. The summed E-state index contributed by atoms with van der Waals surface area (Å²) in [6.07, 6.45) is 6.28. The van der Waals surface area contributed by atoms with E-state index in [1.807, 2.05) is 23.9 Å². The van der Waals surface area contributed by atoms with Crippen LogP contribution in [0.4, 0.5) is 0 Å². The van der Waals surface area contributed by atoms with Gasteiger partial charge in [0.25, 0.3) is 5.91 Å². The molecule has 1 aromatic heterocycles. The van der Waals surface area contributed by atoms with Gasteiger partial charge in [-0.3, -0.25) is 4.79 Å². The third-order valence-corrected chi connectivity index (χ3v) is 6.65. The first-order valence-electron chi connectivity index (χ1n) is 9.48. The summed E-state index contributed by atoms with van der Waals surface area (Å²) in [5.74, 6) is 3.61. The standard InChI is InChI=1S/C20H26N2O3S/c23-15-6-4-14(5-7-15)22-19(24)11-25-18-3-1-2-17-20(18)16(10-21-17)13-8-9-26-12-13/h1-3,10,13-15,21,23H,4-9,11-12H2,(H,22,24). The number of aliphatic hydroxyl groups is 1. The highest BCUT2D eigenvalue weighted by Crippen LogP contribution is 2.39. The summed E-state index contributed by atoms with van der Waals surface area (Å²) in [5.41, 5.74) is 2.37. The predicted molar refractivity (Wildman–Crippen MR) is 105 cm³/mol. The SMILES string of the molecule is O=C(COc1cccc2[nH]cc(C3CCSC3)c12)NC1CCC(O)CC1. The van der Waals surface area contributed by atoms with Crippen molar-refractivity contribution in [3.05, 3.63) is 30.0 Å². The number of amides is 1. The largest absolute Gasteiger partial charge is 0.483 e. The van der Waals surface area contributed by atoms with Gasteiger partial charge in [-0.05, 0) is 61.5 Å². The van der Waals surface area contributed by atoms with Crippen LogP contribution in [0.3, 0.4) is 0 Å². The molecule has 5 nitrogen and oxygen atoms in total. The number of hydrogen-bond acceptors (Lipinski definition) is 4. The Labute approximate surface area is 157 Å². The molecule has 0 spiro atoms. The van der Waals surface area contributed by atoms with Crippen LogP contribution in [-0.4, -0.2) is 46.3 Å². The molecule has 2 heterocycles. The van der Waals surface area contributed by atoms with Crippen LogP contribution >= 0.6 is 11.8 Å². The molecule has 6 heteroatoms.